The summed E-state index contributed by atoms with van der Waals surface area (Å²) in [7, 11) is -5.17. The van der Waals surface area contributed by atoms with Crippen molar-refractivity contribution in [2.75, 3.05) is 26.9 Å². The molecule has 0 spiro atoms. The van der Waals surface area contributed by atoms with E-state index in [1.165, 1.54) is 22.9 Å². The van der Waals surface area contributed by atoms with Crippen LogP contribution in [-0.4, -0.2) is 70.1 Å². The largest absolute Gasteiger partial charge is 0.466 e. The SMILES string of the molecule is CO[C@H](/C=C/C=C(/C)C[C@H](COC(C)=O)[C@H](C)[C@H](O[Si](C)(C)C(C)(C)C)[C@H](C)CO[Si](c1ccccc1)(c1ccccc1)C(C)(C)C)CO[Si](C)(C)C(C)(C)C. The maximum atomic E-state index is 12.3. The van der Waals surface area contributed by atoms with Crippen molar-refractivity contribution in [3.8, 4) is 0 Å². The summed E-state index contributed by atoms with van der Waals surface area (Å²) in [6.07, 6.45) is 6.82. The molecule has 2 aromatic carbocycles. The fourth-order valence-corrected chi connectivity index (χ4v) is 14.0. The maximum Gasteiger partial charge on any atom is 0.302 e. The van der Waals surface area contributed by atoms with Crippen molar-refractivity contribution < 1.29 is 27.5 Å². The topological polar surface area (TPSA) is 63.2 Å². The van der Waals surface area contributed by atoms with E-state index in [-0.39, 0.29) is 51.0 Å². The normalized spacial score (nSPS) is 16.7. The minimum Gasteiger partial charge on any atom is -0.466 e. The minimum atomic E-state index is -2.77. The highest BCUT2D eigenvalue weighted by Gasteiger charge is 2.51. The second-order valence-electron chi connectivity index (χ2n) is 20.2. The van der Waals surface area contributed by atoms with Gasteiger partial charge in [0.05, 0.1) is 25.4 Å². The maximum absolute atomic E-state index is 12.3. The zero-order valence-corrected chi connectivity index (χ0v) is 41.7. The smallest absolute Gasteiger partial charge is 0.302 e. The lowest BCUT2D eigenvalue weighted by Gasteiger charge is -2.46. The summed E-state index contributed by atoms with van der Waals surface area (Å²) in [6, 6.07) is 21.7. The molecule has 0 radical (unpaired) electrons. The third-order valence-corrected chi connectivity index (χ3v) is 26.5. The van der Waals surface area contributed by atoms with Gasteiger partial charge in [-0.05, 0) is 70.9 Å². The monoisotopic (exact) mass is 825 g/mol. The average molecular weight is 825 g/mol. The Morgan fingerprint density at radius 3 is 1.62 bits per heavy atom. The fraction of sp³-hybridized carbons (Fsp3) is 0.638. The van der Waals surface area contributed by atoms with E-state index >= 15 is 0 Å². The van der Waals surface area contributed by atoms with E-state index in [2.05, 4.69) is 188 Å². The third-order valence-electron chi connectivity index (χ3n) is 12.5. The van der Waals surface area contributed by atoms with Crippen LogP contribution in [0.1, 0.15) is 96.4 Å². The van der Waals surface area contributed by atoms with Crippen molar-refractivity contribution in [3.05, 3.63) is 84.5 Å². The molecule has 0 aliphatic heterocycles. The number of carbonyl (C=O) groups is 1. The molecular formula is C47H80O6Si3. The van der Waals surface area contributed by atoms with Crippen LogP contribution in [0.15, 0.2) is 84.5 Å². The predicted octanol–water partition coefficient (Wildman–Crippen LogP) is 11.3. The van der Waals surface area contributed by atoms with E-state index in [9.17, 15) is 4.79 Å². The van der Waals surface area contributed by atoms with Crippen LogP contribution in [-0.2, 0) is 27.5 Å². The summed E-state index contributed by atoms with van der Waals surface area (Å²) >= 11 is 0. The third kappa shape index (κ3) is 13.7. The van der Waals surface area contributed by atoms with Crippen LogP contribution in [0.25, 0.3) is 0 Å². The molecule has 0 bridgehead atoms. The van der Waals surface area contributed by atoms with E-state index in [1.807, 2.05) is 0 Å². The first-order valence-corrected chi connectivity index (χ1v) is 28.5. The molecular weight excluding hydrogens is 745 g/mol. The Balaban J connectivity index is 2.53. The summed E-state index contributed by atoms with van der Waals surface area (Å²) in [5, 5.41) is 2.55. The van der Waals surface area contributed by atoms with Gasteiger partial charge in [-0.15, -0.1) is 0 Å². The molecule has 0 heterocycles. The van der Waals surface area contributed by atoms with Crippen LogP contribution in [0.2, 0.25) is 41.3 Å². The molecule has 0 aromatic heterocycles. The number of hydrogen-bond donors (Lipinski definition) is 0. The average Bonchev–Trinajstić information content (AvgIpc) is 3.09. The van der Waals surface area contributed by atoms with Gasteiger partial charge in [-0.1, -0.05) is 161 Å². The Labute approximate surface area is 346 Å². The highest BCUT2D eigenvalue weighted by molar-refractivity contribution is 6.99. The molecule has 0 aliphatic rings. The standard InChI is InChI=1S/C47H80O6Si3/c1-36(26-25-27-41(49-14)35-51-54(15,16)45(5,6)7)32-40(34-50-39(4)48)38(3)44(53-55(17,18)46(8,9)10)37(2)33-52-56(47(11,12)13,42-28-21-19-22-29-42)43-30-23-20-24-31-43/h19-31,37-38,40-41,44H,32-35H2,1-18H3/b27-25+,36-26-/t37-,38+,40-,41-,44-/m1/s1. The second-order valence-corrected chi connectivity index (χ2v) is 34.0. The van der Waals surface area contributed by atoms with E-state index < -0.39 is 25.0 Å². The lowest BCUT2D eigenvalue weighted by Crippen LogP contribution is -2.67. The van der Waals surface area contributed by atoms with Gasteiger partial charge < -0.3 is 22.8 Å². The molecule has 0 unspecified atom stereocenters. The number of benzene rings is 2. The molecule has 316 valence electrons. The quantitative estimate of drug-likeness (QED) is 0.0753. The number of methoxy groups -OCH3 is 1. The first-order valence-electron chi connectivity index (χ1n) is 20.8. The number of allylic oxidation sites excluding steroid dienone is 3. The first-order chi connectivity index (χ1) is 25.7. The van der Waals surface area contributed by atoms with E-state index in [0.717, 1.165) is 6.42 Å². The van der Waals surface area contributed by atoms with Gasteiger partial charge in [0.1, 0.15) is 0 Å². The summed E-state index contributed by atoms with van der Waals surface area (Å²) in [5.41, 5.74) is 1.20. The molecule has 56 heavy (non-hydrogen) atoms. The Morgan fingerprint density at radius 1 is 0.696 bits per heavy atom. The van der Waals surface area contributed by atoms with E-state index in [0.29, 0.717) is 19.8 Å². The molecule has 5 atom stereocenters. The number of hydrogen-bond acceptors (Lipinski definition) is 6. The minimum absolute atomic E-state index is 0.0156. The van der Waals surface area contributed by atoms with Gasteiger partial charge in [0.25, 0.3) is 8.32 Å². The van der Waals surface area contributed by atoms with Crippen LogP contribution in [0, 0.1) is 17.8 Å². The Bertz CT molecular complexity index is 1490. The number of ether oxygens (including phenoxy) is 2. The zero-order valence-electron chi connectivity index (χ0n) is 38.7. The molecule has 0 saturated carbocycles. The summed E-state index contributed by atoms with van der Waals surface area (Å²) in [5.74, 6) is -0.0986. The highest BCUT2D eigenvalue weighted by Crippen LogP contribution is 2.42. The number of carbonyl (C=O) groups excluding carboxylic acids is 1. The molecule has 0 N–H and O–H groups in total. The van der Waals surface area contributed by atoms with Gasteiger partial charge in [0.2, 0.25) is 0 Å². The molecule has 0 aliphatic carbocycles. The predicted molar refractivity (Wildman–Crippen MR) is 246 cm³/mol. The van der Waals surface area contributed by atoms with Crippen molar-refractivity contribution in [2.45, 2.75) is 150 Å². The van der Waals surface area contributed by atoms with Crippen molar-refractivity contribution in [3.63, 3.8) is 0 Å². The van der Waals surface area contributed by atoms with Crippen LogP contribution in [0.5, 0.6) is 0 Å². The summed E-state index contributed by atoms with van der Waals surface area (Å²) in [4.78, 5) is 12.3. The lowest BCUT2D eigenvalue weighted by molar-refractivity contribution is -0.143. The Morgan fingerprint density at radius 2 is 1.20 bits per heavy atom. The van der Waals surface area contributed by atoms with Crippen LogP contribution < -0.4 is 10.4 Å². The molecule has 0 fully saturated rings. The molecule has 0 amide bonds. The summed E-state index contributed by atoms with van der Waals surface area (Å²) in [6.45, 7) is 39.4. The van der Waals surface area contributed by atoms with Crippen molar-refractivity contribution in [1.82, 2.24) is 0 Å². The molecule has 9 heteroatoms. The molecule has 2 aromatic rings. The van der Waals surface area contributed by atoms with Crippen LogP contribution in [0.4, 0.5) is 0 Å². The number of rotatable bonds is 20. The highest BCUT2D eigenvalue weighted by atomic mass is 28.4. The van der Waals surface area contributed by atoms with Crippen molar-refractivity contribution in [2.24, 2.45) is 17.8 Å². The zero-order chi connectivity index (χ0) is 42.8. The van der Waals surface area contributed by atoms with E-state index in [1.54, 1.807) is 7.11 Å². The van der Waals surface area contributed by atoms with E-state index in [4.69, 9.17) is 22.8 Å². The van der Waals surface area contributed by atoms with Crippen molar-refractivity contribution in [1.29, 1.82) is 0 Å². The van der Waals surface area contributed by atoms with Crippen LogP contribution >= 0.6 is 0 Å². The Kier molecular flexibility index (Phi) is 18.5. The van der Waals surface area contributed by atoms with Gasteiger partial charge in [0.15, 0.2) is 16.6 Å². The van der Waals surface area contributed by atoms with Gasteiger partial charge in [-0.3, -0.25) is 4.79 Å². The molecule has 2 rings (SSSR count). The fourth-order valence-electron chi connectivity index (χ4n) is 6.80. The first kappa shape index (κ1) is 50.0. The van der Waals surface area contributed by atoms with Gasteiger partial charge in [0, 0.05) is 32.5 Å². The molecule has 0 saturated heterocycles. The van der Waals surface area contributed by atoms with Gasteiger partial charge >= 0.3 is 5.97 Å². The van der Waals surface area contributed by atoms with Gasteiger partial charge in [-0.2, -0.15) is 0 Å². The van der Waals surface area contributed by atoms with Crippen molar-refractivity contribution >= 4 is 41.3 Å². The second kappa shape index (κ2) is 20.7. The van der Waals surface area contributed by atoms with Gasteiger partial charge in [-0.25, -0.2) is 0 Å². The molecule has 6 nitrogen and oxygen atoms in total. The van der Waals surface area contributed by atoms with Crippen LogP contribution in [0.3, 0.4) is 0 Å². The summed E-state index contributed by atoms with van der Waals surface area (Å²) < 4.78 is 33.0. The number of esters is 1. The lowest BCUT2D eigenvalue weighted by atomic mass is 9.81. The Hall–Kier alpha value is -2.12.